The van der Waals surface area contributed by atoms with E-state index in [4.69, 9.17) is 28.8 Å². The van der Waals surface area contributed by atoms with E-state index in [1.54, 1.807) is 0 Å². The van der Waals surface area contributed by atoms with Gasteiger partial charge in [-0.15, -0.1) is 0 Å². The fraction of sp³-hybridized carbons (Fsp3) is 1.00. The van der Waals surface area contributed by atoms with Crippen LogP contribution in [0.2, 0.25) is 0 Å². The largest absolute Gasteiger partial charge is 0.394 e. The van der Waals surface area contributed by atoms with Crippen LogP contribution in [-0.2, 0) is 23.7 Å². The van der Waals surface area contributed by atoms with Gasteiger partial charge in [0.1, 0.15) is 67.1 Å². The van der Waals surface area contributed by atoms with Gasteiger partial charge in [0.15, 0.2) is 18.9 Å². The first-order valence-corrected chi connectivity index (χ1v) is 10.00. The Morgan fingerprint density at radius 3 is 1.66 bits per heavy atom. The molecule has 0 aromatic carbocycles. The quantitative estimate of drug-likeness (QED) is 0.165. The predicted octanol–water partition coefficient (Wildman–Crippen LogP) is -6.93. The molecule has 0 aromatic rings. The lowest BCUT2D eigenvalue weighted by molar-refractivity contribution is -0.358. The van der Waals surface area contributed by atoms with Gasteiger partial charge in [-0.2, -0.15) is 0 Å². The fourth-order valence-corrected chi connectivity index (χ4v) is 3.74. The van der Waals surface area contributed by atoms with Crippen LogP contribution in [0.4, 0.5) is 0 Å². The zero-order valence-electron chi connectivity index (χ0n) is 16.7. The highest BCUT2D eigenvalue weighted by molar-refractivity contribution is 4.94. The molecule has 3 saturated heterocycles. The summed E-state index contributed by atoms with van der Waals surface area (Å²) in [7, 11) is 0. The molecule has 14 atom stereocenters. The van der Waals surface area contributed by atoms with Crippen molar-refractivity contribution in [3.8, 4) is 0 Å². The van der Waals surface area contributed by atoms with E-state index in [9.17, 15) is 46.0 Å². The van der Waals surface area contributed by atoms with E-state index in [-0.39, 0.29) is 0 Å². The van der Waals surface area contributed by atoms with E-state index in [0.29, 0.717) is 0 Å². The number of ether oxygens (including phenoxy) is 5. The van der Waals surface area contributed by atoms with Gasteiger partial charge in [-0.1, -0.05) is 0 Å². The summed E-state index contributed by atoms with van der Waals surface area (Å²) in [4.78, 5) is 0. The maximum absolute atomic E-state index is 10.6. The predicted molar refractivity (Wildman–Crippen MR) is 95.2 cm³/mol. The van der Waals surface area contributed by atoms with Gasteiger partial charge < -0.3 is 74.7 Å². The van der Waals surface area contributed by atoms with E-state index in [2.05, 4.69) is 0 Å². The molecule has 3 aliphatic rings. The molecule has 0 radical (unpaired) electrons. The van der Waals surface area contributed by atoms with E-state index in [0.717, 1.165) is 0 Å². The zero-order valence-corrected chi connectivity index (χ0v) is 16.7. The minimum atomic E-state index is -1.88. The van der Waals surface area contributed by atoms with Gasteiger partial charge in [-0.3, -0.25) is 0 Å². The van der Waals surface area contributed by atoms with Gasteiger partial charge in [0.25, 0.3) is 0 Å². The van der Waals surface area contributed by atoms with Gasteiger partial charge in [-0.25, -0.2) is 0 Å². The highest BCUT2D eigenvalue weighted by Gasteiger charge is 2.51. The average molecular weight is 474 g/mol. The molecule has 15 nitrogen and oxygen atoms in total. The second-order valence-electron chi connectivity index (χ2n) is 7.88. The summed E-state index contributed by atoms with van der Waals surface area (Å²) in [5, 5.41) is 98.5. The molecule has 3 aliphatic heterocycles. The Morgan fingerprint density at radius 1 is 0.531 bits per heavy atom. The van der Waals surface area contributed by atoms with Crippen LogP contribution >= 0.6 is 0 Å². The van der Waals surface area contributed by atoms with Gasteiger partial charge >= 0.3 is 0 Å². The molecule has 3 heterocycles. The number of aliphatic hydroxyl groups excluding tert-OH is 10. The molecule has 0 spiro atoms. The summed E-state index contributed by atoms with van der Waals surface area (Å²) in [6.45, 7) is -1.83. The van der Waals surface area contributed by atoms with Crippen molar-refractivity contribution in [2.45, 2.75) is 86.0 Å². The Morgan fingerprint density at radius 2 is 1.06 bits per heavy atom. The van der Waals surface area contributed by atoms with Gasteiger partial charge in [0.2, 0.25) is 0 Å². The zero-order chi connectivity index (χ0) is 23.7. The first kappa shape index (κ1) is 26.0. The Hall–Kier alpha value is -0.600. The van der Waals surface area contributed by atoms with Crippen molar-refractivity contribution >= 4 is 0 Å². The monoisotopic (exact) mass is 474 g/mol. The van der Waals surface area contributed by atoms with Gasteiger partial charge in [0, 0.05) is 0 Å². The lowest BCUT2D eigenvalue weighted by Gasteiger charge is -2.45. The van der Waals surface area contributed by atoms with Gasteiger partial charge in [-0.05, 0) is 0 Å². The standard InChI is InChI=1S/C17H30O15/c18-1-4-7(20)10(23)12(25)17(31-4)32-14-9(22)6(29-15(27)13(14)26)3-28-16-11(24)8(21)5(2-19)30-16/h4-27H,1-3H2/t4-,5+,6-,7-,8+,9-,10+,11-,12-,13-,14+,15+,16-,17-/m1/s1. The minimum absolute atomic E-state index is 0.522. The Balaban J connectivity index is 1.64. The van der Waals surface area contributed by atoms with Crippen molar-refractivity contribution in [1.29, 1.82) is 0 Å². The van der Waals surface area contributed by atoms with Crippen LogP contribution in [0, 0.1) is 0 Å². The molecule has 32 heavy (non-hydrogen) atoms. The highest BCUT2D eigenvalue weighted by Crippen LogP contribution is 2.29. The molecule has 3 fully saturated rings. The van der Waals surface area contributed by atoms with Crippen LogP contribution < -0.4 is 0 Å². The Bertz CT molecular complexity index is 594. The van der Waals surface area contributed by atoms with Gasteiger partial charge in [0.05, 0.1) is 19.8 Å². The first-order valence-electron chi connectivity index (χ1n) is 10.00. The van der Waals surface area contributed by atoms with Crippen molar-refractivity contribution in [2.24, 2.45) is 0 Å². The normalized spacial score (nSPS) is 52.3. The van der Waals surface area contributed by atoms with Crippen molar-refractivity contribution in [3.05, 3.63) is 0 Å². The number of aliphatic hydroxyl groups is 10. The number of hydrogen-bond acceptors (Lipinski definition) is 15. The topological polar surface area (TPSA) is 248 Å². The van der Waals surface area contributed by atoms with E-state index in [1.165, 1.54) is 0 Å². The van der Waals surface area contributed by atoms with Crippen molar-refractivity contribution in [2.75, 3.05) is 19.8 Å². The second-order valence-corrected chi connectivity index (χ2v) is 7.88. The summed E-state index contributed by atoms with van der Waals surface area (Å²) in [6, 6.07) is 0. The van der Waals surface area contributed by atoms with Crippen LogP contribution in [0.1, 0.15) is 0 Å². The third-order valence-corrected chi connectivity index (χ3v) is 5.72. The second kappa shape index (κ2) is 10.8. The molecule has 0 unspecified atom stereocenters. The molecule has 3 rings (SSSR count). The summed E-state index contributed by atoms with van der Waals surface area (Å²) >= 11 is 0. The van der Waals surface area contributed by atoms with Crippen LogP contribution in [0.25, 0.3) is 0 Å². The maximum atomic E-state index is 10.6. The average Bonchev–Trinajstić information content (AvgIpc) is 3.05. The lowest BCUT2D eigenvalue weighted by Crippen LogP contribution is -2.64. The SMILES string of the molecule is OC[C@@H]1O[C@@H](OC[C@H]2O[C@H](O)[C@H](O)[C@@H](O[C@H]3O[C@H](CO)[C@@H](O)[C@H](O)[C@H]3O)[C@@H]2O)[C@H](O)[C@H]1O. The molecule has 0 aromatic heterocycles. The molecule has 15 heteroatoms. The first-order chi connectivity index (χ1) is 15.1. The summed E-state index contributed by atoms with van der Waals surface area (Å²) in [6.07, 6.45) is -22.1. The number of rotatable bonds is 7. The molecule has 0 saturated carbocycles. The fourth-order valence-electron chi connectivity index (χ4n) is 3.74. The third kappa shape index (κ3) is 5.07. The highest BCUT2D eigenvalue weighted by atomic mass is 16.7. The molecule has 0 aliphatic carbocycles. The molecule has 10 N–H and O–H groups in total. The maximum Gasteiger partial charge on any atom is 0.187 e. The third-order valence-electron chi connectivity index (χ3n) is 5.72. The molecular formula is C17H30O15. The smallest absolute Gasteiger partial charge is 0.187 e. The van der Waals surface area contributed by atoms with Crippen LogP contribution in [0.3, 0.4) is 0 Å². The van der Waals surface area contributed by atoms with E-state index < -0.39 is 106 Å². The Labute approximate surface area is 181 Å². The molecule has 188 valence electrons. The molecule has 0 amide bonds. The van der Waals surface area contributed by atoms with Crippen LogP contribution in [0.5, 0.6) is 0 Å². The summed E-state index contributed by atoms with van der Waals surface area (Å²) in [5.41, 5.74) is 0. The van der Waals surface area contributed by atoms with E-state index >= 15 is 0 Å². The van der Waals surface area contributed by atoms with Crippen LogP contribution in [0.15, 0.2) is 0 Å². The van der Waals surface area contributed by atoms with Crippen molar-refractivity contribution < 1.29 is 74.7 Å². The van der Waals surface area contributed by atoms with Crippen molar-refractivity contribution in [1.82, 2.24) is 0 Å². The summed E-state index contributed by atoms with van der Waals surface area (Å²) in [5.74, 6) is 0. The minimum Gasteiger partial charge on any atom is -0.394 e. The molecular weight excluding hydrogens is 444 g/mol. The number of hydrogen-bond donors (Lipinski definition) is 10. The Kier molecular flexibility index (Phi) is 8.75. The lowest BCUT2D eigenvalue weighted by atomic mass is 9.97. The van der Waals surface area contributed by atoms with E-state index in [1.807, 2.05) is 0 Å². The molecule has 0 bridgehead atoms. The summed E-state index contributed by atoms with van der Waals surface area (Å²) < 4.78 is 26.0. The van der Waals surface area contributed by atoms with Crippen molar-refractivity contribution in [3.63, 3.8) is 0 Å². The van der Waals surface area contributed by atoms with Crippen LogP contribution in [-0.4, -0.2) is 157 Å².